The Hall–Kier alpha value is -0.0900. The van der Waals surface area contributed by atoms with Gasteiger partial charge < -0.3 is 0 Å². The van der Waals surface area contributed by atoms with Gasteiger partial charge in [0.05, 0.1) is 14.2 Å². The molecule has 5 heteroatoms. The molecule has 90 valence electrons. The fourth-order valence-electron chi connectivity index (χ4n) is 1.44. The maximum Gasteiger partial charge on any atom is 0.141 e. The van der Waals surface area contributed by atoms with Crippen molar-refractivity contribution >= 4 is 50.5 Å². The van der Waals surface area contributed by atoms with E-state index in [2.05, 4.69) is 15.9 Å². The SMILES string of the molecule is Cc1cc(C(Cl)c2ccc(F)c(Cl)c2)sc1Br. The zero-order chi connectivity index (χ0) is 12.6. The highest BCUT2D eigenvalue weighted by Crippen LogP contribution is 2.38. The molecule has 1 aromatic carbocycles. The number of thiophene rings is 1. The number of alkyl halides is 1. The third-order valence-corrected chi connectivity index (χ3v) is 5.47. The van der Waals surface area contributed by atoms with Crippen molar-refractivity contribution in [3.63, 3.8) is 0 Å². The number of hydrogen-bond acceptors (Lipinski definition) is 1. The summed E-state index contributed by atoms with van der Waals surface area (Å²) in [5, 5.41) is -0.205. The Morgan fingerprint density at radius 2 is 2.06 bits per heavy atom. The quantitative estimate of drug-likeness (QED) is 0.586. The van der Waals surface area contributed by atoms with Crippen molar-refractivity contribution < 1.29 is 4.39 Å². The van der Waals surface area contributed by atoms with Gasteiger partial charge in [-0.25, -0.2) is 4.39 Å². The molecule has 0 bridgehead atoms. The first-order chi connectivity index (χ1) is 7.99. The Morgan fingerprint density at radius 3 is 2.59 bits per heavy atom. The first kappa shape index (κ1) is 13.3. The van der Waals surface area contributed by atoms with Crippen molar-refractivity contribution in [1.82, 2.24) is 0 Å². The molecule has 0 spiro atoms. The van der Waals surface area contributed by atoms with E-state index in [1.807, 2.05) is 13.0 Å². The molecule has 0 radical (unpaired) electrons. The largest absolute Gasteiger partial charge is 0.205 e. The van der Waals surface area contributed by atoms with E-state index in [0.29, 0.717) is 0 Å². The lowest BCUT2D eigenvalue weighted by Gasteiger charge is -2.08. The van der Waals surface area contributed by atoms with E-state index in [1.54, 1.807) is 23.5 Å². The summed E-state index contributed by atoms with van der Waals surface area (Å²) in [7, 11) is 0. The second-order valence-corrected chi connectivity index (χ2v) is 6.89. The second-order valence-electron chi connectivity index (χ2n) is 3.64. The Bertz CT molecular complexity index is 534. The van der Waals surface area contributed by atoms with Crippen LogP contribution in [0, 0.1) is 12.7 Å². The van der Waals surface area contributed by atoms with Crippen LogP contribution < -0.4 is 0 Å². The van der Waals surface area contributed by atoms with E-state index in [-0.39, 0.29) is 10.4 Å². The van der Waals surface area contributed by atoms with Gasteiger partial charge in [-0.1, -0.05) is 17.7 Å². The van der Waals surface area contributed by atoms with Gasteiger partial charge in [0.1, 0.15) is 5.82 Å². The molecule has 1 heterocycles. The highest BCUT2D eigenvalue weighted by atomic mass is 79.9. The standard InChI is InChI=1S/C12H8BrCl2FS/c1-6-4-10(17-12(6)13)11(15)7-2-3-9(16)8(14)5-7/h2-5,11H,1H3. The van der Waals surface area contributed by atoms with Gasteiger partial charge in [0, 0.05) is 4.88 Å². The molecular weight excluding hydrogens is 346 g/mol. The monoisotopic (exact) mass is 352 g/mol. The number of rotatable bonds is 2. The third-order valence-electron chi connectivity index (χ3n) is 2.36. The lowest BCUT2D eigenvalue weighted by atomic mass is 10.1. The average Bonchev–Trinajstić information content (AvgIpc) is 2.62. The summed E-state index contributed by atoms with van der Waals surface area (Å²) < 4.78 is 14.1. The van der Waals surface area contributed by atoms with Crippen LogP contribution in [-0.4, -0.2) is 0 Å². The molecule has 1 aromatic heterocycles. The average molecular weight is 354 g/mol. The number of hydrogen-bond donors (Lipinski definition) is 0. The fourth-order valence-corrected chi connectivity index (χ4v) is 3.54. The van der Waals surface area contributed by atoms with Crippen molar-refractivity contribution in [2.75, 3.05) is 0 Å². The summed E-state index contributed by atoms with van der Waals surface area (Å²) in [5.41, 5.74) is 1.94. The van der Waals surface area contributed by atoms with Gasteiger partial charge in [-0.05, 0) is 52.2 Å². The van der Waals surface area contributed by atoms with Gasteiger partial charge in [0.2, 0.25) is 0 Å². The molecule has 0 amide bonds. The van der Waals surface area contributed by atoms with Crippen LogP contribution in [0.25, 0.3) is 0 Å². The summed E-state index contributed by atoms with van der Waals surface area (Å²) in [4.78, 5) is 1.01. The van der Waals surface area contributed by atoms with Gasteiger partial charge in [0.15, 0.2) is 0 Å². The van der Waals surface area contributed by atoms with Crippen molar-refractivity contribution in [1.29, 1.82) is 0 Å². The molecule has 0 aliphatic heterocycles. The molecule has 0 saturated heterocycles. The van der Waals surface area contributed by atoms with Crippen LogP contribution in [0.1, 0.15) is 21.4 Å². The predicted octanol–water partition coefficient (Wildman–Crippen LogP) is 5.94. The van der Waals surface area contributed by atoms with E-state index < -0.39 is 5.82 Å². The molecule has 2 rings (SSSR count). The van der Waals surface area contributed by atoms with Crippen LogP contribution in [0.15, 0.2) is 28.1 Å². The van der Waals surface area contributed by atoms with Crippen LogP contribution in [-0.2, 0) is 0 Å². The third kappa shape index (κ3) is 2.84. The minimum absolute atomic E-state index is 0.0977. The highest BCUT2D eigenvalue weighted by Gasteiger charge is 2.16. The molecule has 2 aromatic rings. The van der Waals surface area contributed by atoms with Gasteiger partial charge in [-0.2, -0.15) is 0 Å². The molecule has 0 saturated carbocycles. The highest BCUT2D eigenvalue weighted by molar-refractivity contribution is 9.11. The second kappa shape index (κ2) is 5.27. The topological polar surface area (TPSA) is 0 Å². The fraction of sp³-hybridized carbons (Fsp3) is 0.167. The summed E-state index contributed by atoms with van der Waals surface area (Å²) in [6, 6.07) is 6.57. The van der Waals surface area contributed by atoms with E-state index in [9.17, 15) is 4.39 Å². The molecule has 0 N–H and O–H groups in total. The molecule has 0 aliphatic rings. The molecule has 1 atom stereocenters. The first-order valence-electron chi connectivity index (χ1n) is 4.84. The van der Waals surface area contributed by atoms with Crippen molar-refractivity contribution in [2.45, 2.75) is 12.3 Å². The van der Waals surface area contributed by atoms with E-state index >= 15 is 0 Å². The lowest BCUT2D eigenvalue weighted by molar-refractivity contribution is 0.627. The Morgan fingerprint density at radius 1 is 1.35 bits per heavy atom. The number of benzene rings is 1. The summed E-state index contributed by atoms with van der Waals surface area (Å²) in [5.74, 6) is -0.428. The number of aryl methyl sites for hydroxylation is 1. The van der Waals surface area contributed by atoms with Gasteiger partial charge in [0.25, 0.3) is 0 Å². The smallest absolute Gasteiger partial charge is 0.141 e. The van der Waals surface area contributed by atoms with E-state index in [4.69, 9.17) is 23.2 Å². The van der Waals surface area contributed by atoms with Crippen LogP contribution in [0.5, 0.6) is 0 Å². The Balaban J connectivity index is 2.36. The van der Waals surface area contributed by atoms with Crippen LogP contribution in [0.4, 0.5) is 4.39 Å². The minimum atomic E-state index is -0.428. The van der Waals surface area contributed by atoms with Crippen molar-refractivity contribution in [3.8, 4) is 0 Å². The maximum absolute atomic E-state index is 13.1. The molecule has 17 heavy (non-hydrogen) atoms. The number of halogens is 4. The van der Waals surface area contributed by atoms with Crippen molar-refractivity contribution in [2.24, 2.45) is 0 Å². The first-order valence-corrected chi connectivity index (χ1v) is 7.26. The van der Waals surface area contributed by atoms with Gasteiger partial charge >= 0.3 is 0 Å². The lowest BCUT2D eigenvalue weighted by Crippen LogP contribution is -1.91. The van der Waals surface area contributed by atoms with Gasteiger partial charge in [-0.15, -0.1) is 22.9 Å². The molecule has 0 fully saturated rings. The van der Waals surface area contributed by atoms with Crippen LogP contribution >= 0.6 is 50.5 Å². The Kier molecular flexibility index (Phi) is 4.14. The zero-order valence-electron chi connectivity index (χ0n) is 8.81. The van der Waals surface area contributed by atoms with Crippen LogP contribution in [0.3, 0.4) is 0 Å². The summed E-state index contributed by atoms with van der Waals surface area (Å²) >= 11 is 17.1. The molecule has 1 unspecified atom stereocenters. The molecule has 0 nitrogen and oxygen atoms in total. The predicted molar refractivity (Wildman–Crippen MR) is 75.9 cm³/mol. The molecular formula is C12H8BrCl2FS. The minimum Gasteiger partial charge on any atom is -0.205 e. The van der Waals surface area contributed by atoms with Gasteiger partial charge in [-0.3, -0.25) is 0 Å². The zero-order valence-corrected chi connectivity index (χ0v) is 12.7. The Labute approximate surface area is 121 Å². The maximum atomic E-state index is 13.1. The normalized spacial score (nSPS) is 12.8. The van der Waals surface area contributed by atoms with E-state index in [1.165, 1.54) is 6.07 Å². The van der Waals surface area contributed by atoms with E-state index in [0.717, 1.165) is 19.8 Å². The van der Waals surface area contributed by atoms with Crippen LogP contribution in [0.2, 0.25) is 5.02 Å². The van der Waals surface area contributed by atoms with Crippen molar-refractivity contribution in [3.05, 3.63) is 54.9 Å². The summed E-state index contributed by atoms with van der Waals surface area (Å²) in [6.07, 6.45) is 0. The molecule has 0 aliphatic carbocycles. The summed E-state index contributed by atoms with van der Waals surface area (Å²) in [6.45, 7) is 2.01.